The molecule has 0 unspecified atom stereocenters. The second-order valence-electron chi connectivity index (χ2n) is 9.97. The molecule has 0 saturated carbocycles. The van der Waals surface area contributed by atoms with Crippen molar-refractivity contribution < 1.29 is 0 Å². The quantitative estimate of drug-likeness (QED) is 0.404. The van der Waals surface area contributed by atoms with E-state index in [1.807, 2.05) is 24.3 Å². The van der Waals surface area contributed by atoms with E-state index in [4.69, 9.17) is 16.5 Å². The molecule has 3 heteroatoms. The van der Waals surface area contributed by atoms with Crippen molar-refractivity contribution in [3.05, 3.63) is 95.5 Å². The largest absolute Gasteiger partial charge is 0.405 e. The fraction of sp³-hybridized carbons (Fsp3) is 0.300. The highest BCUT2D eigenvalue weighted by molar-refractivity contribution is 5.84. The first-order chi connectivity index (χ1) is 15.6. The van der Waals surface area contributed by atoms with E-state index in [1.54, 1.807) is 0 Å². The Balaban J connectivity index is 0.000000890. The Bertz CT molecular complexity index is 1080. The van der Waals surface area contributed by atoms with E-state index in [0.717, 1.165) is 51.7 Å². The van der Waals surface area contributed by atoms with Crippen LogP contribution in [0.1, 0.15) is 69.6 Å². The predicted octanol–water partition coefficient (Wildman–Crippen LogP) is 7.45. The summed E-state index contributed by atoms with van der Waals surface area (Å²) >= 11 is 0. The summed E-state index contributed by atoms with van der Waals surface area (Å²) in [7, 11) is 0. The van der Waals surface area contributed by atoms with Gasteiger partial charge in [-0.05, 0) is 53.4 Å². The fourth-order valence-electron chi connectivity index (χ4n) is 3.41. The monoisotopic (exact) mass is 441 g/mol. The Morgan fingerprint density at radius 3 is 2.15 bits per heavy atom. The molecule has 4 N–H and O–H groups in total. The number of nitrogens with two attached hydrogens (primary N) is 2. The summed E-state index contributed by atoms with van der Waals surface area (Å²) in [5, 5.41) is 0. The SMILES string of the molecule is C=Cc1ccc(Cc2cccc(N)c2-c2ccc(C(C)(C)C)nc2/C=C\N)cc1.CC(C)C. The molecule has 0 bridgehead atoms. The highest BCUT2D eigenvalue weighted by Crippen LogP contribution is 2.35. The summed E-state index contributed by atoms with van der Waals surface area (Å²) in [6.45, 7) is 16.8. The van der Waals surface area contributed by atoms with Crippen molar-refractivity contribution in [1.82, 2.24) is 4.98 Å². The molecule has 3 aromatic rings. The van der Waals surface area contributed by atoms with Crippen molar-refractivity contribution in [1.29, 1.82) is 0 Å². The first kappa shape index (κ1) is 25.9. The van der Waals surface area contributed by atoms with Gasteiger partial charge in [0.1, 0.15) is 0 Å². The smallest absolute Gasteiger partial charge is 0.0726 e. The summed E-state index contributed by atoms with van der Waals surface area (Å²) in [6, 6.07) is 18.7. The van der Waals surface area contributed by atoms with Crippen molar-refractivity contribution in [3.63, 3.8) is 0 Å². The van der Waals surface area contributed by atoms with Crippen LogP contribution in [0.4, 0.5) is 5.69 Å². The molecule has 3 rings (SSSR count). The lowest BCUT2D eigenvalue weighted by molar-refractivity contribution is 0.568. The van der Waals surface area contributed by atoms with E-state index in [-0.39, 0.29) is 5.41 Å². The van der Waals surface area contributed by atoms with Crippen LogP contribution in [0.5, 0.6) is 0 Å². The standard InChI is InChI=1S/C26H29N3.C4H10/c1-5-18-9-11-19(12-10-18)17-20-7-6-8-22(28)25(20)21-13-14-24(26(2,3)4)29-23(21)15-16-27;1-4(2)3/h5-16H,1,17,27-28H2,2-4H3;4H,1-3H3/b16-15-;. The van der Waals surface area contributed by atoms with Gasteiger partial charge >= 0.3 is 0 Å². The van der Waals surface area contributed by atoms with E-state index >= 15 is 0 Å². The van der Waals surface area contributed by atoms with Gasteiger partial charge in [0.25, 0.3) is 0 Å². The van der Waals surface area contributed by atoms with Gasteiger partial charge in [0.05, 0.1) is 5.69 Å². The Morgan fingerprint density at radius 2 is 1.61 bits per heavy atom. The molecule has 33 heavy (non-hydrogen) atoms. The number of hydrogen-bond acceptors (Lipinski definition) is 3. The van der Waals surface area contributed by atoms with Crippen molar-refractivity contribution in [3.8, 4) is 11.1 Å². The Labute approximate surface area is 200 Å². The lowest BCUT2D eigenvalue weighted by Gasteiger charge is -2.21. The lowest BCUT2D eigenvalue weighted by Crippen LogP contribution is -2.14. The molecule has 0 spiro atoms. The second-order valence-corrected chi connectivity index (χ2v) is 9.97. The molecule has 1 aromatic heterocycles. The van der Waals surface area contributed by atoms with E-state index < -0.39 is 0 Å². The minimum atomic E-state index is -0.0479. The number of anilines is 1. The Kier molecular flexibility index (Phi) is 9.04. The van der Waals surface area contributed by atoms with Crippen LogP contribution in [0.25, 0.3) is 23.3 Å². The van der Waals surface area contributed by atoms with Crippen LogP contribution in [-0.4, -0.2) is 4.98 Å². The molecular weight excluding hydrogens is 402 g/mol. The molecule has 0 saturated heterocycles. The van der Waals surface area contributed by atoms with E-state index in [9.17, 15) is 0 Å². The number of aromatic nitrogens is 1. The van der Waals surface area contributed by atoms with Gasteiger partial charge in [-0.3, -0.25) is 4.98 Å². The minimum Gasteiger partial charge on any atom is -0.405 e. The minimum absolute atomic E-state index is 0.0479. The van der Waals surface area contributed by atoms with Crippen molar-refractivity contribution in [2.75, 3.05) is 5.73 Å². The van der Waals surface area contributed by atoms with Gasteiger partial charge in [-0.1, -0.05) is 96.7 Å². The zero-order valence-corrected chi connectivity index (χ0v) is 21.0. The lowest BCUT2D eigenvalue weighted by atomic mass is 9.88. The molecule has 2 aromatic carbocycles. The summed E-state index contributed by atoms with van der Waals surface area (Å²) in [5.41, 5.74) is 20.2. The molecule has 0 atom stereocenters. The topological polar surface area (TPSA) is 64.9 Å². The van der Waals surface area contributed by atoms with Gasteiger partial charge in [-0.2, -0.15) is 0 Å². The van der Waals surface area contributed by atoms with Gasteiger partial charge in [-0.25, -0.2) is 0 Å². The zero-order chi connectivity index (χ0) is 24.6. The maximum absolute atomic E-state index is 6.45. The number of nitrogens with zero attached hydrogens (tertiary/aromatic N) is 1. The molecule has 0 aliphatic carbocycles. The molecule has 0 aliphatic heterocycles. The van der Waals surface area contributed by atoms with Gasteiger partial charge in [-0.15, -0.1) is 0 Å². The summed E-state index contributed by atoms with van der Waals surface area (Å²) < 4.78 is 0. The first-order valence-electron chi connectivity index (χ1n) is 11.6. The first-order valence-corrected chi connectivity index (χ1v) is 11.6. The average molecular weight is 442 g/mol. The van der Waals surface area contributed by atoms with Gasteiger partial charge in [0.2, 0.25) is 0 Å². The zero-order valence-electron chi connectivity index (χ0n) is 21.0. The molecule has 3 nitrogen and oxygen atoms in total. The maximum Gasteiger partial charge on any atom is 0.0726 e. The van der Waals surface area contributed by atoms with Crippen LogP contribution in [0.3, 0.4) is 0 Å². The molecule has 0 fully saturated rings. The molecule has 1 heterocycles. The molecular formula is C30H39N3. The van der Waals surface area contributed by atoms with Gasteiger partial charge in [0, 0.05) is 27.9 Å². The third-order valence-electron chi connectivity index (χ3n) is 5.01. The van der Waals surface area contributed by atoms with E-state index in [2.05, 4.69) is 90.6 Å². The average Bonchev–Trinajstić information content (AvgIpc) is 2.74. The van der Waals surface area contributed by atoms with Crippen LogP contribution in [0.15, 0.2) is 67.4 Å². The van der Waals surface area contributed by atoms with E-state index in [0.29, 0.717) is 0 Å². The number of rotatable bonds is 5. The third kappa shape index (κ3) is 7.35. The van der Waals surface area contributed by atoms with Crippen LogP contribution in [0, 0.1) is 5.92 Å². The van der Waals surface area contributed by atoms with Gasteiger partial charge in [0.15, 0.2) is 0 Å². The van der Waals surface area contributed by atoms with Crippen molar-refractivity contribution >= 4 is 17.8 Å². The number of hydrogen-bond donors (Lipinski definition) is 2. The fourth-order valence-corrected chi connectivity index (χ4v) is 3.41. The number of pyridine rings is 1. The second kappa shape index (κ2) is 11.5. The number of nitrogen functional groups attached to an aromatic ring is 1. The van der Waals surface area contributed by atoms with Crippen molar-refractivity contribution in [2.45, 2.75) is 53.4 Å². The normalized spacial score (nSPS) is 11.4. The molecule has 0 aliphatic rings. The Morgan fingerprint density at radius 1 is 0.970 bits per heavy atom. The summed E-state index contributed by atoms with van der Waals surface area (Å²) in [4.78, 5) is 4.89. The summed E-state index contributed by atoms with van der Waals surface area (Å²) in [5.74, 6) is 0.833. The Hall–Kier alpha value is -3.33. The molecule has 0 radical (unpaired) electrons. The van der Waals surface area contributed by atoms with Crippen LogP contribution < -0.4 is 11.5 Å². The van der Waals surface area contributed by atoms with Crippen molar-refractivity contribution in [2.24, 2.45) is 11.7 Å². The van der Waals surface area contributed by atoms with Crippen LogP contribution in [-0.2, 0) is 11.8 Å². The van der Waals surface area contributed by atoms with Crippen LogP contribution in [0.2, 0.25) is 0 Å². The molecule has 0 amide bonds. The highest BCUT2D eigenvalue weighted by atomic mass is 14.7. The highest BCUT2D eigenvalue weighted by Gasteiger charge is 2.19. The summed E-state index contributed by atoms with van der Waals surface area (Å²) in [6.07, 6.45) is 6.01. The maximum atomic E-state index is 6.45. The number of benzene rings is 2. The van der Waals surface area contributed by atoms with Crippen LogP contribution >= 0.6 is 0 Å². The predicted molar refractivity (Wildman–Crippen MR) is 146 cm³/mol. The third-order valence-corrected chi connectivity index (χ3v) is 5.01. The van der Waals surface area contributed by atoms with E-state index in [1.165, 1.54) is 11.8 Å². The molecule has 174 valence electrons. The van der Waals surface area contributed by atoms with Gasteiger partial charge < -0.3 is 11.5 Å².